The van der Waals surface area contributed by atoms with Crippen molar-refractivity contribution in [2.45, 2.75) is 38.4 Å². The third-order valence-corrected chi connectivity index (χ3v) is 7.47. The van der Waals surface area contributed by atoms with E-state index in [0.717, 1.165) is 28.3 Å². The predicted octanol–water partition coefficient (Wildman–Crippen LogP) is 6.07. The van der Waals surface area contributed by atoms with Crippen LogP contribution in [-0.4, -0.2) is 13.1 Å². The molecule has 0 unspecified atom stereocenters. The lowest BCUT2D eigenvalue weighted by Crippen LogP contribution is -2.37. The first-order chi connectivity index (χ1) is 12.5. The van der Waals surface area contributed by atoms with Crippen molar-refractivity contribution in [3.63, 3.8) is 0 Å². The van der Waals surface area contributed by atoms with Crippen molar-refractivity contribution in [1.29, 1.82) is 0 Å². The van der Waals surface area contributed by atoms with Crippen LogP contribution in [0, 0.1) is 0 Å². The quantitative estimate of drug-likeness (QED) is 0.416. The van der Waals surface area contributed by atoms with Crippen molar-refractivity contribution >= 4 is 35.2 Å². The molecule has 2 heterocycles. The second kappa shape index (κ2) is 5.55. The fraction of sp³-hybridized carbons (Fsp3) is 0.261. The maximum absolute atomic E-state index is 6.35. The number of nitrogens with zero attached hydrogens (tertiary/aromatic N) is 1. The van der Waals surface area contributed by atoms with Gasteiger partial charge in [-0.1, -0.05) is 50.0 Å². The van der Waals surface area contributed by atoms with Crippen LogP contribution in [0.15, 0.2) is 59.1 Å². The van der Waals surface area contributed by atoms with Gasteiger partial charge in [-0.25, -0.2) is 0 Å². The van der Waals surface area contributed by atoms with E-state index in [1.54, 1.807) is 0 Å². The Morgan fingerprint density at radius 3 is 2.46 bits per heavy atom. The van der Waals surface area contributed by atoms with Gasteiger partial charge in [-0.05, 0) is 47.7 Å². The Hall–Kier alpha value is -2.39. The fourth-order valence-corrected chi connectivity index (χ4v) is 5.50. The van der Waals surface area contributed by atoms with E-state index >= 15 is 0 Å². The second-order valence-corrected chi connectivity index (χ2v) is 13.5. The van der Waals surface area contributed by atoms with Gasteiger partial charge >= 0.3 is 0 Å². The van der Waals surface area contributed by atoms with Gasteiger partial charge < -0.3 is 4.42 Å². The molecular formula is C23H23NOSi. The zero-order chi connectivity index (χ0) is 17.9. The highest BCUT2D eigenvalue weighted by Gasteiger charge is 2.25. The number of fused-ring (bicyclic) bond motifs is 3. The van der Waals surface area contributed by atoms with Gasteiger partial charge in [0.2, 0.25) is 0 Å². The van der Waals surface area contributed by atoms with Crippen LogP contribution in [0.25, 0.3) is 33.2 Å². The molecule has 130 valence electrons. The molecule has 0 aliphatic heterocycles. The number of furan rings is 1. The minimum Gasteiger partial charge on any atom is -0.455 e. The molecule has 1 aliphatic carbocycles. The predicted molar refractivity (Wildman–Crippen MR) is 112 cm³/mol. The molecule has 0 spiro atoms. The van der Waals surface area contributed by atoms with E-state index in [0.29, 0.717) is 0 Å². The number of aromatic nitrogens is 1. The molecule has 2 aromatic carbocycles. The van der Waals surface area contributed by atoms with Crippen molar-refractivity contribution in [2.75, 3.05) is 0 Å². The Morgan fingerprint density at radius 1 is 0.962 bits per heavy atom. The lowest BCUT2D eigenvalue weighted by Gasteiger charge is -2.17. The van der Waals surface area contributed by atoms with Crippen LogP contribution >= 0.6 is 0 Å². The van der Waals surface area contributed by atoms with E-state index in [9.17, 15) is 0 Å². The molecule has 5 rings (SSSR count). The average molecular weight is 358 g/mol. The molecule has 0 bridgehead atoms. The third-order valence-electron chi connectivity index (χ3n) is 5.44. The topological polar surface area (TPSA) is 26.0 Å². The van der Waals surface area contributed by atoms with Crippen molar-refractivity contribution in [2.24, 2.45) is 0 Å². The van der Waals surface area contributed by atoms with E-state index in [-0.39, 0.29) is 0 Å². The minimum absolute atomic E-state index is 0.734. The van der Waals surface area contributed by atoms with Gasteiger partial charge in [-0.2, -0.15) is 0 Å². The number of rotatable bonds is 3. The van der Waals surface area contributed by atoms with Crippen LogP contribution in [0.4, 0.5) is 0 Å². The van der Waals surface area contributed by atoms with E-state index in [1.165, 1.54) is 34.4 Å². The molecule has 26 heavy (non-hydrogen) atoms. The molecule has 2 nitrogen and oxygen atoms in total. The van der Waals surface area contributed by atoms with Gasteiger partial charge in [0.25, 0.3) is 0 Å². The zero-order valence-corrected chi connectivity index (χ0v) is 16.5. The van der Waals surface area contributed by atoms with Gasteiger partial charge in [-0.15, -0.1) is 0 Å². The van der Waals surface area contributed by atoms with Crippen molar-refractivity contribution in [3.05, 3.63) is 60.3 Å². The Morgan fingerprint density at radius 2 is 1.77 bits per heavy atom. The Bertz CT molecular complexity index is 1110. The van der Waals surface area contributed by atoms with Crippen LogP contribution in [0.5, 0.6) is 0 Å². The van der Waals surface area contributed by atoms with Gasteiger partial charge in [-0.3, -0.25) is 4.98 Å². The van der Waals surface area contributed by atoms with Gasteiger partial charge in [0.05, 0.1) is 13.8 Å². The maximum atomic E-state index is 6.35. The zero-order valence-electron chi connectivity index (χ0n) is 15.5. The Balaban J connectivity index is 1.74. The lowest BCUT2D eigenvalue weighted by atomic mass is 10.1. The summed E-state index contributed by atoms with van der Waals surface area (Å²) < 4.78 is 6.35. The van der Waals surface area contributed by atoms with Crippen LogP contribution in [0.2, 0.25) is 19.6 Å². The summed E-state index contributed by atoms with van der Waals surface area (Å²) >= 11 is 0. The molecule has 2 aromatic heterocycles. The molecule has 1 aliphatic rings. The molecule has 1 saturated carbocycles. The highest BCUT2D eigenvalue weighted by Crippen LogP contribution is 2.40. The van der Waals surface area contributed by atoms with Crippen molar-refractivity contribution in [1.82, 2.24) is 4.98 Å². The number of pyridine rings is 1. The van der Waals surface area contributed by atoms with E-state index in [1.807, 2.05) is 6.20 Å². The number of para-hydroxylation sites is 1. The summed E-state index contributed by atoms with van der Waals surface area (Å²) in [5, 5.41) is 3.96. The highest BCUT2D eigenvalue weighted by molar-refractivity contribution is 6.90. The summed E-state index contributed by atoms with van der Waals surface area (Å²) in [6.45, 7) is 7.17. The minimum atomic E-state index is -1.46. The third kappa shape index (κ3) is 2.50. The standard InChI is InChI=1S/C23H23NOSi/c1-26(2,3)21-9-5-8-20-22(21)18-7-4-6-17(23(18)25-20)19-13-12-16(14-24-19)15-10-11-15/h4-9,12-15H,10-11H2,1-3H3. The summed E-state index contributed by atoms with van der Waals surface area (Å²) in [6.07, 6.45) is 4.65. The SMILES string of the molecule is C[Si](C)(C)c1cccc2oc3c(-c4ccc(C5CC5)cn4)cccc3c12. The normalized spacial score (nSPS) is 15.0. The molecule has 0 N–H and O–H groups in total. The van der Waals surface area contributed by atoms with Crippen molar-refractivity contribution in [3.8, 4) is 11.3 Å². The molecule has 4 aromatic rings. The van der Waals surface area contributed by atoms with Gasteiger partial charge in [0.1, 0.15) is 11.2 Å². The summed E-state index contributed by atoms with van der Waals surface area (Å²) in [6, 6.07) is 17.3. The van der Waals surface area contributed by atoms with E-state index in [4.69, 9.17) is 9.40 Å². The van der Waals surface area contributed by atoms with E-state index in [2.05, 4.69) is 68.2 Å². The number of hydrogen-bond acceptors (Lipinski definition) is 2. The van der Waals surface area contributed by atoms with Gasteiger partial charge in [0, 0.05) is 22.5 Å². The maximum Gasteiger partial charge on any atom is 0.144 e. The van der Waals surface area contributed by atoms with Gasteiger partial charge in [0.15, 0.2) is 0 Å². The first kappa shape index (κ1) is 15.8. The summed E-state index contributed by atoms with van der Waals surface area (Å²) in [5.41, 5.74) is 5.39. The average Bonchev–Trinajstić information content (AvgIpc) is 3.40. The van der Waals surface area contributed by atoms with Crippen LogP contribution in [0.1, 0.15) is 24.3 Å². The monoisotopic (exact) mass is 357 g/mol. The first-order valence-corrected chi connectivity index (χ1v) is 12.9. The fourth-order valence-electron chi connectivity index (χ4n) is 3.90. The molecule has 1 fully saturated rings. The first-order valence-electron chi connectivity index (χ1n) is 9.43. The van der Waals surface area contributed by atoms with Crippen LogP contribution in [-0.2, 0) is 0 Å². The molecule has 0 atom stereocenters. The smallest absolute Gasteiger partial charge is 0.144 e. The van der Waals surface area contributed by atoms with Crippen LogP contribution in [0.3, 0.4) is 0 Å². The molecule has 0 saturated heterocycles. The lowest BCUT2D eigenvalue weighted by molar-refractivity contribution is 0.670. The van der Waals surface area contributed by atoms with E-state index < -0.39 is 8.07 Å². The molecule has 3 heteroatoms. The molecule has 0 amide bonds. The van der Waals surface area contributed by atoms with Crippen molar-refractivity contribution < 1.29 is 4.42 Å². The second-order valence-electron chi connectivity index (χ2n) is 8.46. The Kier molecular flexibility index (Phi) is 3.38. The number of hydrogen-bond donors (Lipinski definition) is 0. The van der Waals surface area contributed by atoms with Crippen LogP contribution < -0.4 is 5.19 Å². The summed E-state index contributed by atoms with van der Waals surface area (Å²) in [4.78, 5) is 4.75. The number of benzene rings is 2. The Labute approximate surface area is 154 Å². The molecule has 0 radical (unpaired) electrons. The summed E-state index contributed by atoms with van der Waals surface area (Å²) in [7, 11) is -1.46. The summed E-state index contributed by atoms with van der Waals surface area (Å²) in [5.74, 6) is 0.734. The largest absolute Gasteiger partial charge is 0.455 e. The molecular weight excluding hydrogens is 334 g/mol. The highest BCUT2D eigenvalue weighted by atomic mass is 28.3.